The van der Waals surface area contributed by atoms with Crippen LogP contribution in [0.1, 0.15) is 5.69 Å². The number of rotatable bonds is 6. The fraction of sp³-hybridized carbons (Fsp3) is 0.130. The van der Waals surface area contributed by atoms with Gasteiger partial charge in [0.2, 0.25) is 5.91 Å². The van der Waals surface area contributed by atoms with E-state index >= 15 is 0 Å². The highest BCUT2D eigenvalue weighted by Gasteiger charge is 2.18. The van der Waals surface area contributed by atoms with Crippen LogP contribution in [0, 0.1) is 5.82 Å². The quantitative estimate of drug-likeness (QED) is 0.491. The Bertz CT molecular complexity index is 1120. The third-order valence-electron chi connectivity index (χ3n) is 4.77. The molecule has 0 atom stereocenters. The van der Waals surface area contributed by atoms with Crippen LogP contribution in [0.2, 0.25) is 0 Å². The Morgan fingerprint density at radius 1 is 1.10 bits per heavy atom. The van der Waals surface area contributed by atoms with E-state index in [9.17, 15) is 9.18 Å². The van der Waals surface area contributed by atoms with E-state index in [1.165, 1.54) is 12.1 Å². The number of hydrogen-bond donors (Lipinski definition) is 0. The van der Waals surface area contributed by atoms with E-state index in [0.29, 0.717) is 12.2 Å². The number of nitrogens with zero attached hydrogens (tertiary/aromatic N) is 3. The van der Waals surface area contributed by atoms with Gasteiger partial charge in [-0.3, -0.25) is 9.78 Å². The van der Waals surface area contributed by atoms with Crippen molar-refractivity contribution in [1.29, 1.82) is 0 Å². The van der Waals surface area contributed by atoms with Gasteiger partial charge >= 0.3 is 0 Å². The predicted molar refractivity (Wildman–Crippen MR) is 110 cm³/mol. The van der Waals surface area contributed by atoms with Crippen LogP contribution in [0.4, 0.5) is 10.1 Å². The standard InChI is InChI=1S/C23H20FN3O2/c1-29-21-9-10-22-17(14-21)11-13-26(22)16-23(28)27(15-19-4-2-3-12-25-19)20-7-5-18(24)6-8-20/h2-14H,15-16H2,1H3. The highest BCUT2D eigenvalue weighted by atomic mass is 19.1. The molecule has 0 bridgehead atoms. The zero-order valence-corrected chi connectivity index (χ0v) is 16.0. The van der Waals surface area contributed by atoms with Gasteiger partial charge in [-0.2, -0.15) is 0 Å². The van der Waals surface area contributed by atoms with Crippen LogP contribution >= 0.6 is 0 Å². The van der Waals surface area contributed by atoms with Crippen LogP contribution in [-0.2, 0) is 17.9 Å². The van der Waals surface area contributed by atoms with E-state index in [4.69, 9.17) is 4.74 Å². The SMILES string of the molecule is COc1ccc2c(ccn2CC(=O)N(Cc2ccccn2)c2ccc(F)cc2)c1. The Kier molecular flexibility index (Phi) is 5.24. The maximum atomic E-state index is 13.4. The lowest BCUT2D eigenvalue weighted by Crippen LogP contribution is -2.33. The smallest absolute Gasteiger partial charge is 0.247 e. The van der Waals surface area contributed by atoms with Gasteiger partial charge in [0.05, 0.1) is 19.3 Å². The number of benzene rings is 2. The Hall–Kier alpha value is -3.67. The minimum atomic E-state index is -0.343. The molecule has 0 aliphatic carbocycles. The molecule has 0 N–H and O–H groups in total. The van der Waals surface area contributed by atoms with E-state index in [0.717, 1.165) is 22.3 Å². The van der Waals surface area contributed by atoms with Gasteiger partial charge in [-0.15, -0.1) is 0 Å². The second-order valence-electron chi connectivity index (χ2n) is 6.65. The number of ether oxygens (including phenoxy) is 1. The summed E-state index contributed by atoms with van der Waals surface area (Å²) in [5.41, 5.74) is 2.32. The lowest BCUT2D eigenvalue weighted by molar-refractivity contribution is -0.119. The van der Waals surface area contributed by atoms with Crippen LogP contribution < -0.4 is 9.64 Å². The third-order valence-corrected chi connectivity index (χ3v) is 4.77. The first kappa shape index (κ1) is 18.7. The van der Waals surface area contributed by atoms with Gasteiger partial charge in [0, 0.05) is 29.0 Å². The van der Waals surface area contributed by atoms with Gasteiger partial charge in [-0.1, -0.05) is 6.07 Å². The molecule has 4 rings (SSSR count). The molecule has 2 aromatic heterocycles. The second kappa shape index (κ2) is 8.14. The molecule has 0 radical (unpaired) electrons. The number of anilines is 1. The van der Waals surface area contributed by atoms with Gasteiger partial charge in [-0.25, -0.2) is 4.39 Å². The first-order chi connectivity index (χ1) is 14.1. The lowest BCUT2D eigenvalue weighted by Gasteiger charge is -2.23. The van der Waals surface area contributed by atoms with Crippen molar-refractivity contribution in [2.24, 2.45) is 0 Å². The number of halogens is 1. The van der Waals surface area contributed by atoms with E-state index in [1.54, 1.807) is 30.3 Å². The molecule has 0 aliphatic rings. The van der Waals surface area contributed by atoms with Crippen molar-refractivity contribution in [1.82, 2.24) is 9.55 Å². The Morgan fingerprint density at radius 2 is 1.93 bits per heavy atom. The van der Waals surface area contributed by atoms with E-state index in [1.807, 2.05) is 53.2 Å². The summed E-state index contributed by atoms with van der Waals surface area (Å²) in [6.07, 6.45) is 3.57. The van der Waals surface area contributed by atoms with Crippen molar-refractivity contribution in [2.75, 3.05) is 12.0 Å². The molecule has 6 heteroatoms. The summed E-state index contributed by atoms with van der Waals surface area (Å²) in [5, 5.41) is 0.996. The summed E-state index contributed by atoms with van der Waals surface area (Å²) in [7, 11) is 1.62. The molecule has 0 spiro atoms. The van der Waals surface area contributed by atoms with Crippen LogP contribution in [-0.4, -0.2) is 22.6 Å². The number of carbonyl (C=O) groups is 1. The Morgan fingerprint density at radius 3 is 2.66 bits per heavy atom. The van der Waals surface area contributed by atoms with Crippen LogP contribution in [0.15, 0.2) is 79.1 Å². The second-order valence-corrected chi connectivity index (χ2v) is 6.65. The molecule has 2 heterocycles. The minimum Gasteiger partial charge on any atom is -0.497 e. The summed E-state index contributed by atoms with van der Waals surface area (Å²) >= 11 is 0. The van der Waals surface area contributed by atoms with Gasteiger partial charge in [-0.05, 0) is 60.7 Å². The topological polar surface area (TPSA) is 47.4 Å². The molecule has 0 aliphatic heterocycles. The Labute approximate surface area is 168 Å². The molecule has 0 fully saturated rings. The molecule has 29 heavy (non-hydrogen) atoms. The average Bonchev–Trinajstić information content (AvgIpc) is 3.15. The number of aromatic nitrogens is 2. The van der Waals surface area contributed by atoms with Crippen molar-refractivity contribution >= 4 is 22.5 Å². The zero-order valence-electron chi connectivity index (χ0n) is 16.0. The number of fused-ring (bicyclic) bond motifs is 1. The first-order valence-electron chi connectivity index (χ1n) is 9.23. The molecule has 0 saturated heterocycles. The highest BCUT2D eigenvalue weighted by molar-refractivity contribution is 5.94. The molecule has 0 saturated carbocycles. The summed E-state index contributed by atoms with van der Waals surface area (Å²) in [4.78, 5) is 19.2. The maximum absolute atomic E-state index is 13.4. The normalized spacial score (nSPS) is 10.8. The third kappa shape index (κ3) is 4.11. The molecular weight excluding hydrogens is 369 g/mol. The summed E-state index contributed by atoms with van der Waals surface area (Å²) in [5.74, 6) is 0.310. The summed E-state index contributed by atoms with van der Waals surface area (Å²) in [6.45, 7) is 0.457. The van der Waals surface area contributed by atoms with Crippen molar-refractivity contribution in [3.05, 3.63) is 90.6 Å². The van der Waals surface area contributed by atoms with Crippen LogP contribution in [0.5, 0.6) is 5.75 Å². The number of amides is 1. The molecule has 1 amide bonds. The fourth-order valence-corrected chi connectivity index (χ4v) is 3.27. The Balaban J connectivity index is 1.63. The van der Waals surface area contributed by atoms with Crippen molar-refractivity contribution in [2.45, 2.75) is 13.1 Å². The van der Waals surface area contributed by atoms with Gasteiger partial charge in [0.25, 0.3) is 0 Å². The molecule has 146 valence electrons. The summed E-state index contributed by atoms with van der Waals surface area (Å²) < 4.78 is 20.5. The molecular formula is C23H20FN3O2. The van der Waals surface area contributed by atoms with Crippen molar-refractivity contribution in [3.63, 3.8) is 0 Å². The zero-order chi connectivity index (χ0) is 20.2. The van der Waals surface area contributed by atoms with Gasteiger partial charge in [0.1, 0.15) is 18.1 Å². The van der Waals surface area contributed by atoms with Crippen molar-refractivity contribution < 1.29 is 13.9 Å². The van der Waals surface area contributed by atoms with Crippen molar-refractivity contribution in [3.8, 4) is 5.75 Å². The average molecular weight is 389 g/mol. The van der Waals surface area contributed by atoms with Crippen LogP contribution in [0.3, 0.4) is 0 Å². The first-order valence-corrected chi connectivity index (χ1v) is 9.23. The number of pyridine rings is 1. The monoisotopic (exact) mass is 389 g/mol. The fourth-order valence-electron chi connectivity index (χ4n) is 3.27. The highest BCUT2D eigenvalue weighted by Crippen LogP contribution is 2.23. The summed E-state index contributed by atoms with van der Waals surface area (Å²) in [6, 6.07) is 19.2. The van der Waals surface area contributed by atoms with Crippen LogP contribution in [0.25, 0.3) is 10.9 Å². The molecule has 0 unspecified atom stereocenters. The number of methoxy groups -OCH3 is 1. The van der Waals surface area contributed by atoms with Gasteiger partial charge in [0.15, 0.2) is 0 Å². The van der Waals surface area contributed by atoms with E-state index in [2.05, 4.69) is 4.98 Å². The predicted octanol–water partition coefficient (Wildman–Crippen LogP) is 4.42. The molecule has 5 nitrogen and oxygen atoms in total. The lowest BCUT2D eigenvalue weighted by atomic mass is 10.2. The number of hydrogen-bond acceptors (Lipinski definition) is 3. The van der Waals surface area contributed by atoms with Gasteiger partial charge < -0.3 is 14.2 Å². The minimum absolute atomic E-state index is 0.115. The molecule has 4 aromatic rings. The maximum Gasteiger partial charge on any atom is 0.247 e. The number of carbonyl (C=O) groups excluding carboxylic acids is 1. The largest absolute Gasteiger partial charge is 0.497 e. The van der Waals surface area contributed by atoms with E-state index < -0.39 is 0 Å². The molecule has 2 aromatic carbocycles. The van der Waals surface area contributed by atoms with E-state index in [-0.39, 0.29) is 18.3 Å².